The maximum Gasteiger partial charge on any atom is 0.418 e. The Morgan fingerprint density at radius 1 is 1.00 bits per heavy atom. The van der Waals surface area contributed by atoms with Crippen LogP contribution in [0.2, 0.25) is 0 Å². The van der Waals surface area contributed by atoms with Crippen LogP contribution in [0.4, 0.5) is 18.9 Å². The number of alkyl halides is 3. The number of nitrogens with one attached hydrogen (secondary N) is 1. The van der Waals surface area contributed by atoms with Crippen molar-refractivity contribution in [2.24, 2.45) is 0 Å². The smallest absolute Gasteiger partial charge is 0.321 e. The van der Waals surface area contributed by atoms with E-state index in [1.54, 1.807) is 24.3 Å². The van der Waals surface area contributed by atoms with Gasteiger partial charge in [-0.15, -0.1) is 0 Å². The highest BCUT2D eigenvalue weighted by Crippen LogP contribution is 2.34. The van der Waals surface area contributed by atoms with Gasteiger partial charge in [-0.1, -0.05) is 42.5 Å². The summed E-state index contributed by atoms with van der Waals surface area (Å²) in [6.07, 6.45) is -3.00. The quantitative estimate of drug-likeness (QED) is 0.751. The number of benzene rings is 2. The van der Waals surface area contributed by atoms with Crippen LogP contribution >= 0.6 is 15.9 Å². The Morgan fingerprint density at radius 3 is 2.23 bits per heavy atom. The molecule has 0 spiro atoms. The van der Waals surface area contributed by atoms with Crippen LogP contribution in [0, 0.1) is 0 Å². The SMILES string of the molecule is O=C(Nc1ccccc1C(F)(F)F)/C(Br)=C/c1ccccc1. The second-order valence-corrected chi connectivity index (χ2v) is 5.25. The van der Waals surface area contributed by atoms with Crippen LogP contribution in [-0.2, 0) is 11.0 Å². The van der Waals surface area contributed by atoms with Crippen molar-refractivity contribution in [1.82, 2.24) is 0 Å². The Kier molecular flexibility index (Phi) is 5.03. The number of amides is 1. The molecule has 2 aromatic carbocycles. The van der Waals surface area contributed by atoms with Crippen molar-refractivity contribution in [3.05, 3.63) is 70.2 Å². The molecular weight excluding hydrogens is 359 g/mol. The van der Waals surface area contributed by atoms with E-state index >= 15 is 0 Å². The average Bonchev–Trinajstić information content (AvgIpc) is 2.47. The first-order valence-electron chi connectivity index (χ1n) is 6.28. The molecule has 0 bridgehead atoms. The number of anilines is 1. The Hall–Kier alpha value is -2.08. The van der Waals surface area contributed by atoms with Gasteiger partial charge in [0.05, 0.1) is 15.7 Å². The van der Waals surface area contributed by atoms with E-state index in [1.165, 1.54) is 24.3 Å². The zero-order valence-corrected chi connectivity index (χ0v) is 12.8. The van der Waals surface area contributed by atoms with E-state index in [1.807, 2.05) is 6.07 Å². The van der Waals surface area contributed by atoms with E-state index in [0.717, 1.165) is 11.6 Å². The van der Waals surface area contributed by atoms with Crippen LogP contribution in [0.25, 0.3) is 6.08 Å². The number of halogens is 4. The van der Waals surface area contributed by atoms with Crippen molar-refractivity contribution in [2.45, 2.75) is 6.18 Å². The molecule has 114 valence electrons. The normalized spacial score (nSPS) is 12.1. The molecule has 0 fully saturated rings. The van der Waals surface area contributed by atoms with E-state index < -0.39 is 17.6 Å². The second kappa shape index (κ2) is 6.79. The minimum atomic E-state index is -4.53. The molecule has 0 heterocycles. The van der Waals surface area contributed by atoms with Crippen molar-refractivity contribution in [1.29, 1.82) is 0 Å². The summed E-state index contributed by atoms with van der Waals surface area (Å²) in [4.78, 5) is 12.0. The van der Waals surface area contributed by atoms with Gasteiger partial charge < -0.3 is 5.32 Å². The largest absolute Gasteiger partial charge is 0.418 e. The predicted octanol–water partition coefficient (Wildman–Crippen LogP) is 5.08. The van der Waals surface area contributed by atoms with Gasteiger partial charge in [-0.2, -0.15) is 13.2 Å². The third-order valence-corrected chi connectivity index (χ3v) is 3.38. The van der Waals surface area contributed by atoms with Crippen LogP contribution in [-0.4, -0.2) is 5.91 Å². The fourth-order valence-corrected chi connectivity index (χ4v) is 2.15. The van der Waals surface area contributed by atoms with Gasteiger partial charge in [-0.25, -0.2) is 0 Å². The van der Waals surface area contributed by atoms with E-state index in [0.29, 0.717) is 0 Å². The van der Waals surface area contributed by atoms with E-state index in [9.17, 15) is 18.0 Å². The van der Waals surface area contributed by atoms with Gasteiger partial charge in [0.1, 0.15) is 0 Å². The average molecular weight is 370 g/mol. The van der Waals surface area contributed by atoms with Crippen molar-refractivity contribution < 1.29 is 18.0 Å². The Morgan fingerprint density at radius 2 is 1.59 bits per heavy atom. The number of para-hydroxylation sites is 1. The lowest BCUT2D eigenvalue weighted by atomic mass is 10.1. The molecule has 2 nitrogen and oxygen atoms in total. The van der Waals surface area contributed by atoms with Crippen LogP contribution < -0.4 is 5.32 Å². The van der Waals surface area contributed by atoms with Crippen LogP contribution in [0.5, 0.6) is 0 Å². The molecule has 0 aliphatic heterocycles. The van der Waals surface area contributed by atoms with Gasteiger partial charge in [-0.05, 0) is 39.7 Å². The van der Waals surface area contributed by atoms with E-state index in [4.69, 9.17) is 0 Å². The van der Waals surface area contributed by atoms with Gasteiger partial charge in [0.2, 0.25) is 0 Å². The fourth-order valence-electron chi connectivity index (χ4n) is 1.78. The Bertz CT molecular complexity index is 696. The summed E-state index contributed by atoms with van der Waals surface area (Å²) in [5.74, 6) is -0.652. The summed E-state index contributed by atoms with van der Waals surface area (Å²) >= 11 is 3.08. The lowest BCUT2D eigenvalue weighted by Gasteiger charge is -2.13. The molecule has 0 aliphatic carbocycles. The van der Waals surface area contributed by atoms with Crippen LogP contribution in [0.1, 0.15) is 11.1 Å². The van der Waals surface area contributed by atoms with Crippen molar-refractivity contribution in [3.8, 4) is 0 Å². The first-order chi connectivity index (χ1) is 10.4. The Balaban J connectivity index is 2.21. The molecule has 0 aromatic heterocycles. The number of hydrogen-bond acceptors (Lipinski definition) is 1. The van der Waals surface area contributed by atoms with Crippen LogP contribution in [0.3, 0.4) is 0 Å². The molecule has 0 aliphatic rings. The molecule has 1 amide bonds. The molecule has 0 radical (unpaired) electrons. The monoisotopic (exact) mass is 369 g/mol. The fraction of sp³-hybridized carbons (Fsp3) is 0.0625. The summed E-state index contributed by atoms with van der Waals surface area (Å²) in [6, 6.07) is 13.8. The molecule has 2 aromatic rings. The van der Waals surface area contributed by atoms with Gasteiger partial charge in [0.25, 0.3) is 5.91 Å². The summed E-state index contributed by atoms with van der Waals surface area (Å²) in [7, 11) is 0. The molecule has 0 atom stereocenters. The first kappa shape index (κ1) is 16.3. The number of hydrogen-bond donors (Lipinski definition) is 1. The second-order valence-electron chi connectivity index (χ2n) is 4.40. The molecular formula is C16H11BrF3NO. The van der Waals surface area contributed by atoms with Crippen LogP contribution in [0.15, 0.2) is 59.1 Å². The highest BCUT2D eigenvalue weighted by molar-refractivity contribution is 9.12. The molecule has 6 heteroatoms. The van der Waals surface area contributed by atoms with Gasteiger partial charge in [-0.3, -0.25) is 4.79 Å². The minimum Gasteiger partial charge on any atom is -0.321 e. The van der Waals surface area contributed by atoms with E-state index in [2.05, 4.69) is 21.2 Å². The first-order valence-corrected chi connectivity index (χ1v) is 7.07. The highest BCUT2D eigenvalue weighted by Gasteiger charge is 2.33. The summed E-state index contributed by atoms with van der Waals surface area (Å²) in [6.45, 7) is 0. The number of rotatable bonds is 3. The van der Waals surface area contributed by atoms with Gasteiger partial charge >= 0.3 is 6.18 Å². The lowest BCUT2D eigenvalue weighted by Crippen LogP contribution is -2.16. The van der Waals surface area contributed by atoms with Crippen molar-refractivity contribution in [3.63, 3.8) is 0 Å². The predicted molar refractivity (Wildman–Crippen MR) is 83.4 cm³/mol. The summed E-state index contributed by atoms with van der Waals surface area (Å²) in [5.41, 5.74) is -0.407. The Labute approximate surface area is 133 Å². The third-order valence-electron chi connectivity index (χ3n) is 2.79. The molecule has 0 saturated heterocycles. The van der Waals surface area contributed by atoms with Gasteiger partial charge in [0.15, 0.2) is 0 Å². The van der Waals surface area contributed by atoms with Gasteiger partial charge in [0, 0.05) is 0 Å². The minimum absolute atomic E-state index is 0.135. The topological polar surface area (TPSA) is 29.1 Å². The molecule has 2 rings (SSSR count). The zero-order chi connectivity index (χ0) is 16.2. The third kappa shape index (κ3) is 4.21. The number of carbonyl (C=O) groups excluding carboxylic acids is 1. The zero-order valence-electron chi connectivity index (χ0n) is 11.2. The standard InChI is InChI=1S/C16H11BrF3NO/c17-13(10-11-6-2-1-3-7-11)15(22)21-14-9-5-4-8-12(14)16(18,19)20/h1-10H,(H,21,22)/b13-10-. The summed E-state index contributed by atoms with van der Waals surface area (Å²) < 4.78 is 38.7. The lowest BCUT2D eigenvalue weighted by molar-refractivity contribution is -0.136. The van der Waals surface area contributed by atoms with Crippen molar-refractivity contribution in [2.75, 3.05) is 5.32 Å². The maximum atomic E-state index is 12.9. The maximum absolute atomic E-state index is 12.9. The highest BCUT2D eigenvalue weighted by atomic mass is 79.9. The summed E-state index contributed by atoms with van der Waals surface area (Å²) in [5, 5.41) is 2.26. The molecule has 0 unspecified atom stereocenters. The van der Waals surface area contributed by atoms with Crippen molar-refractivity contribution >= 4 is 33.6 Å². The number of carbonyl (C=O) groups is 1. The molecule has 22 heavy (non-hydrogen) atoms. The molecule has 1 N–H and O–H groups in total. The molecule has 0 saturated carbocycles. The van der Waals surface area contributed by atoms with E-state index in [-0.39, 0.29) is 10.2 Å².